The molecule has 1 rings (SSSR count). The molecule has 0 spiro atoms. The third-order valence-electron chi connectivity index (χ3n) is 2.29. The van der Waals surface area contributed by atoms with E-state index in [-0.39, 0.29) is 5.91 Å². The van der Waals surface area contributed by atoms with Gasteiger partial charge in [-0.05, 0) is 26.2 Å². The molecule has 0 unspecified atom stereocenters. The zero-order valence-electron chi connectivity index (χ0n) is 7.34. The minimum Gasteiger partial charge on any atom is -0.388 e. The highest BCUT2D eigenvalue weighted by atomic mass is 16.3. The summed E-state index contributed by atoms with van der Waals surface area (Å²) >= 11 is 0. The standard InChI is InChI=1S/C8H16N2O2/c1-6(9)7(11)10-5-8(12)3-2-4-8/h6,12H,2-5,9H2,1H3,(H,10,11)/t6-/m1/s1. The maximum atomic E-state index is 11.0. The Hall–Kier alpha value is -0.610. The van der Waals surface area contributed by atoms with Crippen molar-refractivity contribution in [1.29, 1.82) is 0 Å². The summed E-state index contributed by atoms with van der Waals surface area (Å²) in [6, 6.07) is -0.492. The molecule has 4 nitrogen and oxygen atoms in total. The van der Waals surface area contributed by atoms with Gasteiger partial charge in [-0.25, -0.2) is 0 Å². The quantitative estimate of drug-likeness (QED) is 0.530. The molecule has 1 saturated carbocycles. The molecular weight excluding hydrogens is 156 g/mol. The number of amides is 1. The molecule has 0 aromatic rings. The van der Waals surface area contributed by atoms with Crippen molar-refractivity contribution in [1.82, 2.24) is 5.32 Å². The first kappa shape index (κ1) is 9.48. The van der Waals surface area contributed by atoms with Crippen LogP contribution in [0.25, 0.3) is 0 Å². The van der Waals surface area contributed by atoms with Crippen LogP contribution in [0.4, 0.5) is 0 Å². The molecule has 4 heteroatoms. The zero-order valence-corrected chi connectivity index (χ0v) is 7.34. The Morgan fingerprint density at radius 3 is 2.67 bits per heavy atom. The Balaban J connectivity index is 2.21. The lowest BCUT2D eigenvalue weighted by molar-refractivity contribution is -0.124. The second-order valence-corrected chi connectivity index (χ2v) is 3.58. The van der Waals surface area contributed by atoms with Crippen molar-refractivity contribution in [2.75, 3.05) is 6.54 Å². The SMILES string of the molecule is C[C@@H](N)C(=O)NCC1(O)CCC1. The van der Waals surface area contributed by atoms with Gasteiger partial charge in [-0.2, -0.15) is 0 Å². The van der Waals surface area contributed by atoms with Crippen molar-refractivity contribution in [2.45, 2.75) is 37.8 Å². The van der Waals surface area contributed by atoms with Gasteiger partial charge < -0.3 is 16.2 Å². The molecule has 1 fully saturated rings. The molecule has 1 atom stereocenters. The lowest BCUT2D eigenvalue weighted by Crippen LogP contribution is -2.50. The third kappa shape index (κ3) is 2.19. The Bertz CT molecular complexity index is 176. The normalized spacial score (nSPS) is 22.6. The monoisotopic (exact) mass is 172 g/mol. The summed E-state index contributed by atoms with van der Waals surface area (Å²) in [7, 11) is 0. The van der Waals surface area contributed by atoms with Gasteiger partial charge in [0.15, 0.2) is 0 Å². The first-order valence-electron chi connectivity index (χ1n) is 4.29. The molecule has 4 N–H and O–H groups in total. The van der Waals surface area contributed by atoms with Crippen molar-refractivity contribution in [3.8, 4) is 0 Å². The number of aliphatic hydroxyl groups is 1. The van der Waals surface area contributed by atoms with Crippen LogP contribution < -0.4 is 11.1 Å². The Morgan fingerprint density at radius 2 is 2.33 bits per heavy atom. The number of carbonyl (C=O) groups is 1. The van der Waals surface area contributed by atoms with Gasteiger partial charge in [-0.15, -0.1) is 0 Å². The van der Waals surface area contributed by atoms with Crippen molar-refractivity contribution in [3.63, 3.8) is 0 Å². The molecule has 0 heterocycles. The van der Waals surface area contributed by atoms with Crippen LogP contribution in [0.1, 0.15) is 26.2 Å². The lowest BCUT2D eigenvalue weighted by Gasteiger charge is -2.36. The fourth-order valence-electron chi connectivity index (χ4n) is 1.17. The maximum absolute atomic E-state index is 11.0. The van der Waals surface area contributed by atoms with Gasteiger partial charge in [-0.1, -0.05) is 0 Å². The van der Waals surface area contributed by atoms with Crippen molar-refractivity contribution < 1.29 is 9.90 Å². The minimum atomic E-state index is -0.648. The molecule has 0 aliphatic heterocycles. The predicted molar refractivity (Wildman–Crippen MR) is 45.5 cm³/mol. The van der Waals surface area contributed by atoms with Crippen molar-refractivity contribution in [2.24, 2.45) is 5.73 Å². The van der Waals surface area contributed by atoms with E-state index in [1.54, 1.807) is 6.92 Å². The summed E-state index contributed by atoms with van der Waals surface area (Å²) in [5.41, 5.74) is 4.68. The van der Waals surface area contributed by atoms with E-state index in [9.17, 15) is 9.90 Å². The van der Waals surface area contributed by atoms with Crippen LogP contribution in [0.3, 0.4) is 0 Å². The summed E-state index contributed by atoms with van der Waals surface area (Å²) in [5, 5.41) is 12.2. The molecular formula is C8H16N2O2. The molecule has 1 aliphatic carbocycles. The summed E-state index contributed by atoms with van der Waals surface area (Å²) in [6.45, 7) is 1.97. The number of carbonyl (C=O) groups excluding carboxylic acids is 1. The molecule has 70 valence electrons. The highest BCUT2D eigenvalue weighted by Gasteiger charge is 2.34. The fraction of sp³-hybridized carbons (Fsp3) is 0.875. The van der Waals surface area contributed by atoms with E-state index in [4.69, 9.17) is 5.73 Å². The average Bonchev–Trinajstić information content (AvgIpc) is 1.96. The average molecular weight is 172 g/mol. The summed E-state index contributed by atoms with van der Waals surface area (Å²) in [6.07, 6.45) is 2.61. The molecule has 0 bridgehead atoms. The van der Waals surface area contributed by atoms with E-state index in [0.29, 0.717) is 6.54 Å². The first-order valence-corrected chi connectivity index (χ1v) is 4.29. The van der Waals surface area contributed by atoms with Crippen LogP contribution in [0.15, 0.2) is 0 Å². The van der Waals surface area contributed by atoms with Crippen molar-refractivity contribution in [3.05, 3.63) is 0 Å². The van der Waals surface area contributed by atoms with Crippen LogP contribution in [0.2, 0.25) is 0 Å². The number of hydrogen-bond acceptors (Lipinski definition) is 3. The van der Waals surface area contributed by atoms with E-state index >= 15 is 0 Å². The second-order valence-electron chi connectivity index (χ2n) is 3.58. The van der Waals surface area contributed by atoms with Gasteiger partial charge in [0.25, 0.3) is 0 Å². The highest BCUT2D eigenvalue weighted by molar-refractivity contribution is 5.81. The molecule has 0 aromatic carbocycles. The van der Waals surface area contributed by atoms with Crippen molar-refractivity contribution >= 4 is 5.91 Å². The molecule has 12 heavy (non-hydrogen) atoms. The summed E-state index contributed by atoms with van der Waals surface area (Å²) < 4.78 is 0. The van der Waals surface area contributed by atoms with Gasteiger partial charge in [0.2, 0.25) is 5.91 Å². The van der Waals surface area contributed by atoms with E-state index in [2.05, 4.69) is 5.32 Å². The van der Waals surface area contributed by atoms with Crippen LogP contribution in [-0.4, -0.2) is 29.2 Å². The minimum absolute atomic E-state index is 0.199. The second kappa shape index (κ2) is 3.41. The van der Waals surface area contributed by atoms with E-state index < -0.39 is 11.6 Å². The van der Waals surface area contributed by atoms with Crippen LogP contribution >= 0.6 is 0 Å². The van der Waals surface area contributed by atoms with Crippen LogP contribution in [0, 0.1) is 0 Å². The van der Waals surface area contributed by atoms with Gasteiger partial charge in [-0.3, -0.25) is 4.79 Å². The summed E-state index contributed by atoms with van der Waals surface area (Å²) in [5.74, 6) is -0.199. The maximum Gasteiger partial charge on any atom is 0.236 e. The number of rotatable bonds is 3. The van der Waals surface area contributed by atoms with Gasteiger partial charge in [0, 0.05) is 6.54 Å². The molecule has 1 amide bonds. The van der Waals surface area contributed by atoms with Gasteiger partial charge in [0.05, 0.1) is 11.6 Å². The third-order valence-corrected chi connectivity index (χ3v) is 2.29. The van der Waals surface area contributed by atoms with Crippen LogP contribution in [-0.2, 0) is 4.79 Å². The van der Waals surface area contributed by atoms with E-state index in [1.807, 2.05) is 0 Å². The predicted octanol–water partition coefficient (Wildman–Crippen LogP) is -0.635. The first-order chi connectivity index (χ1) is 5.53. The highest BCUT2D eigenvalue weighted by Crippen LogP contribution is 2.30. The van der Waals surface area contributed by atoms with Gasteiger partial charge >= 0.3 is 0 Å². The largest absolute Gasteiger partial charge is 0.388 e. The van der Waals surface area contributed by atoms with Gasteiger partial charge in [0.1, 0.15) is 0 Å². The topological polar surface area (TPSA) is 75.4 Å². The molecule has 0 aromatic heterocycles. The Morgan fingerprint density at radius 1 is 1.75 bits per heavy atom. The van der Waals surface area contributed by atoms with E-state index in [0.717, 1.165) is 19.3 Å². The Labute approximate surface area is 72.1 Å². The zero-order chi connectivity index (χ0) is 9.19. The fourth-order valence-corrected chi connectivity index (χ4v) is 1.17. The smallest absolute Gasteiger partial charge is 0.236 e. The summed E-state index contributed by atoms with van der Waals surface area (Å²) in [4.78, 5) is 11.0. The molecule has 0 saturated heterocycles. The lowest BCUT2D eigenvalue weighted by atomic mass is 9.80. The number of nitrogens with one attached hydrogen (secondary N) is 1. The number of nitrogens with two attached hydrogens (primary N) is 1. The van der Waals surface area contributed by atoms with Crippen LogP contribution in [0.5, 0.6) is 0 Å². The Kier molecular flexibility index (Phi) is 2.69. The number of hydrogen-bond donors (Lipinski definition) is 3. The molecule has 1 aliphatic rings. The van der Waals surface area contributed by atoms with E-state index in [1.165, 1.54) is 0 Å². The molecule has 0 radical (unpaired) electrons.